The van der Waals surface area contributed by atoms with Gasteiger partial charge in [0.2, 0.25) is 0 Å². The molecule has 7 heteroatoms. The summed E-state index contributed by atoms with van der Waals surface area (Å²) in [6.07, 6.45) is 0.839. The third-order valence-electron chi connectivity index (χ3n) is 2.14. The maximum absolute atomic E-state index is 13.1. The zero-order valence-electron chi connectivity index (χ0n) is 10.00. The Morgan fingerprint density at radius 2 is 2.11 bits per heavy atom. The molecular formula is C11H13FN2O4. The van der Waals surface area contributed by atoms with Crippen LogP contribution in [0, 0.1) is 15.9 Å². The number of rotatable bonds is 6. The van der Waals surface area contributed by atoms with Gasteiger partial charge in [-0.15, -0.1) is 0 Å². The summed E-state index contributed by atoms with van der Waals surface area (Å²) in [5.74, 6) is -0.680. The van der Waals surface area contributed by atoms with Crippen LogP contribution in [0.4, 0.5) is 10.1 Å². The Balaban J connectivity index is 2.78. The third kappa shape index (κ3) is 4.19. The van der Waals surface area contributed by atoms with Gasteiger partial charge in [0.1, 0.15) is 5.82 Å². The monoisotopic (exact) mass is 256 g/mol. The van der Waals surface area contributed by atoms with Crippen molar-refractivity contribution >= 4 is 11.9 Å². The van der Waals surface area contributed by atoms with Gasteiger partial charge in [0.25, 0.3) is 5.69 Å². The van der Waals surface area contributed by atoms with Crippen LogP contribution < -0.4 is 0 Å². The lowest BCUT2D eigenvalue weighted by Gasteiger charge is -2.09. The summed E-state index contributed by atoms with van der Waals surface area (Å²) in [5.41, 5.74) is -0.000797. The number of nitro groups is 1. The molecule has 0 N–H and O–H groups in total. The second-order valence-corrected chi connectivity index (χ2v) is 3.40. The molecule has 0 heterocycles. The zero-order valence-corrected chi connectivity index (χ0v) is 10.00. The van der Waals surface area contributed by atoms with Gasteiger partial charge in [0, 0.05) is 32.1 Å². The first kappa shape index (κ1) is 14.2. The molecule has 0 amide bonds. The lowest BCUT2D eigenvalue weighted by molar-refractivity contribution is -0.385. The van der Waals surface area contributed by atoms with Gasteiger partial charge in [-0.1, -0.05) is 0 Å². The van der Waals surface area contributed by atoms with E-state index in [1.807, 2.05) is 0 Å². The van der Waals surface area contributed by atoms with Crippen molar-refractivity contribution in [1.82, 2.24) is 0 Å². The molecule has 0 unspecified atom stereocenters. The molecule has 0 aliphatic rings. The summed E-state index contributed by atoms with van der Waals surface area (Å²) in [6, 6.07) is 3.25. The Hall–Kier alpha value is -1.86. The summed E-state index contributed by atoms with van der Waals surface area (Å²) in [7, 11) is 2.94. The van der Waals surface area contributed by atoms with Crippen molar-refractivity contribution in [3.05, 3.63) is 39.7 Å². The van der Waals surface area contributed by atoms with E-state index in [4.69, 9.17) is 9.47 Å². The van der Waals surface area contributed by atoms with Crippen LogP contribution in [0.25, 0.3) is 0 Å². The minimum absolute atomic E-state index is 0.220. The van der Waals surface area contributed by atoms with Gasteiger partial charge in [-0.2, -0.15) is 0 Å². The fraction of sp³-hybridized carbons (Fsp3) is 0.364. The van der Waals surface area contributed by atoms with Gasteiger partial charge in [0.05, 0.1) is 17.5 Å². The fourth-order valence-electron chi connectivity index (χ4n) is 1.27. The van der Waals surface area contributed by atoms with Crippen molar-refractivity contribution in [3.8, 4) is 0 Å². The molecule has 0 bridgehead atoms. The van der Waals surface area contributed by atoms with Crippen LogP contribution in [0.1, 0.15) is 5.56 Å². The molecule has 0 saturated carbocycles. The molecule has 1 rings (SSSR count). The highest BCUT2D eigenvalue weighted by Crippen LogP contribution is 2.15. The van der Waals surface area contributed by atoms with E-state index in [9.17, 15) is 14.5 Å². The van der Waals surface area contributed by atoms with E-state index in [0.717, 1.165) is 12.1 Å². The summed E-state index contributed by atoms with van der Waals surface area (Å²) < 4.78 is 22.9. The number of non-ortho nitro benzene ring substituents is 1. The van der Waals surface area contributed by atoms with Crippen LogP contribution in [0.3, 0.4) is 0 Å². The average molecular weight is 256 g/mol. The van der Waals surface area contributed by atoms with E-state index in [1.165, 1.54) is 26.5 Å². The van der Waals surface area contributed by atoms with Crippen LogP contribution >= 0.6 is 0 Å². The molecule has 18 heavy (non-hydrogen) atoms. The van der Waals surface area contributed by atoms with Gasteiger partial charge < -0.3 is 9.47 Å². The molecule has 1 aromatic carbocycles. The molecule has 1 aromatic rings. The molecule has 0 atom stereocenters. The number of hydrogen-bond donors (Lipinski definition) is 0. The van der Waals surface area contributed by atoms with E-state index in [1.54, 1.807) is 0 Å². The Bertz CT molecular complexity index is 447. The van der Waals surface area contributed by atoms with Gasteiger partial charge in [-0.25, -0.2) is 4.39 Å². The minimum Gasteiger partial charge on any atom is -0.354 e. The molecule has 0 fully saturated rings. The highest BCUT2D eigenvalue weighted by Gasteiger charge is 2.08. The van der Waals surface area contributed by atoms with Crippen molar-refractivity contribution in [2.75, 3.05) is 20.8 Å². The summed E-state index contributed by atoms with van der Waals surface area (Å²) >= 11 is 0. The van der Waals surface area contributed by atoms with Crippen LogP contribution in [0.5, 0.6) is 0 Å². The van der Waals surface area contributed by atoms with E-state index in [-0.39, 0.29) is 12.2 Å². The third-order valence-corrected chi connectivity index (χ3v) is 2.14. The SMILES string of the molecule is COC(CN=Cc1cc(F)cc([N+](=O)[O-])c1)OC. The van der Waals surface area contributed by atoms with Crippen molar-refractivity contribution in [1.29, 1.82) is 0 Å². The van der Waals surface area contributed by atoms with Gasteiger partial charge in [0.15, 0.2) is 6.29 Å². The van der Waals surface area contributed by atoms with E-state index in [2.05, 4.69) is 4.99 Å². The number of methoxy groups -OCH3 is 2. The molecule has 98 valence electrons. The number of nitro benzene ring substituents is 1. The largest absolute Gasteiger partial charge is 0.354 e. The molecule has 0 radical (unpaired) electrons. The predicted octanol–water partition coefficient (Wildman–Crippen LogP) is 1.77. The highest BCUT2D eigenvalue weighted by molar-refractivity contribution is 5.80. The molecular weight excluding hydrogens is 243 g/mol. The van der Waals surface area contributed by atoms with Gasteiger partial charge >= 0.3 is 0 Å². The number of hydrogen-bond acceptors (Lipinski definition) is 5. The van der Waals surface area contributed by atoms with E-state index in [0.29, 0.717) is 5.56 Å². The first-order chi connectivity index (χ1) is 8.56. The molecule has 0 saturated heterocycles. The molecule has 0 spiro atoms. The quantitative estimate of drug-likeness (QED) is 0.336. The lowest BCUT2D eigenvalue weighted by Crippen LogP contribution is -2.16. The van der Waals surface area contributed by atoms with Crippen LogP contribution in [-0.2, 0) is 9.47 Å². The molecule has 0 aliphatic heterocycles. The Kier molecular flexibility index (Phi) is 5.34. The van der Waals surface area contributed by atoms with Crippen LogP contribution in [0.15, 0.2) is 23.2 Å². The summed E-state index contributed by atoms with van der Waals surface area (Å²) in [6.45, 7) is 0.220. The van der Waals surface area contributed by atoms with Crippen molar-refractivity contribution < 1.29 is 18.8 Å². The van der Waals surface area contributed by atoms with Crippen LogP contribution in [-0.4, -0.2) is 38.2 Å². The standard InChI is InChI=1S/C11H13FN2O4/c1-17-11(18-2)7-13-6-8-3-9(12)5-10(4-8)14(15)16/h3-6,11H,7H2,1-2H3. The molecule has 6 nitrogen and oxygen atoms in total. The van der Waals surface area contributed by atoms with Crippen molar-refractivity contribution in [2.24, 2.45) is 4.99 Å². The minimum atomic E-state index is -0.680. The lowest BCUT2D eigenvalue weighted by atomic mass is 10.2. The topological polar surface area (TPSA) is 74.0 Å². The normalized spacial score (nSPS) is 11.3. The number of halogens is 1. The maximum Gasteiger partial charge on any atom is 0.273 e. The average Bonchev–Trinajstić information content (AvgIpc) is 2.34. The molecule has 0 aromatic heterocycles. The zero-order chi connectivity index (χ0) is 13.5. The fourth-order valence-corrected chi connectivity index (χ4v) is 1.27. The maximum atomic E-state index is 13.1. The van der Waals surface area contributed by atoms with E-state index >= 15 is 0 Å². The smallest absolute Gasteiger partial charge is 0.273 e. The first-order valence-corrected chi connectivity index (χ1v) is 5.07. The van der Waals surface area contributed by atoms with Crippen molar-refractivity contribution in [2.45, 2.75) is 6.29 Å². The number of nitrogens with zero attached hydrogens (tertiary/aromatic N) is 2. The van der Waals surface area contributed by atoms with Gasteiger partial charge in [-0.05, 0) is 6.07 Å². The van der Waals surface area contributed by atoms with E-state index < -0.39 is 17.0 Å². The highest BCUT2D eigenvalue weighted by atomic mass is 19.1. The van der Waals surface area contributed by atoms with Gasteiger partial charge in [-0.3, -0.25) is 15.1 Å². The number of aliphatic imine (C=N–C) groups is 1. The second-order valence-electron chi connectivity index (χ2n) is 3.40. The Morgan fingerprint density at radius 3 is 2.67 bits per heavy atom. The molecule has 0 aliphatic carbocycles. The Labute approximate surface area is 103 Å². The second kappa shape index (κ2) is 6.77. The summed E-state index contributed by atoms with van der Waals surface area (Å²) in [4.78, 5) is 13.8. The number of benzene rings is 1. The first-order valence-electron chi connectivity index (χ1n) is 5.07. The summed E-state index contributed by atoms with van der Waals surface area (Å²) in [5, 5.41) is 10.5. The predicted molar refractivity (Wildman–Crippen MR) is 63.3 cm³/mol. The number of ether oxygens (including phenoxy) is 2. The van der Waals surface area contributed by atoms with Crippen molar-refractivity contribution in [3.63, 3.8) is 0 Å². The van der Waals surface area contributed by atoms with Crippen LogP contribution in [0.2, 0.25) is 0 Å². The Morgan fingerprint density at radius 1 is 1.44 bits per heavy atom.